The zero-order valence-corrected chi connectivity index (χ0v) is 11.6. The fourth-order valence-corrected chi connectivity index (χ4v) is 2.63. The summed E-state index contributed by atoms with van der Waals surface area (Å²) in [5.74, 6) is 0.278. The van der Waals surface area contributed by atoms with Gasteiger partial charge in [-0.2, -0.15) is 0 Å². The minimum atomic E-state index is -3.85. The van der Waals surface area contributed by atoms with Gasteiger partial charge in [0.15, 0.2) is 0 Å². The first-order valence-electron chi connectivity index (χ1n) is 5.25. The van der Waals surface area contributed by atoms with Crippen molar-refractivity contribution in [2.75, 3.05) is 7.11 Å². The van der Waals surface area contributed by atoms with Gasteiger partial charge < -0.3 is 4.74 Å². The number of benzene rings is 1. The van der Waals surface area contributed by atoms with Crippen LogP contribution in [0.5, 0.6) is 5.88 Å². The summed E-state index contributed by atoms with van der Waals surface area (Å²) < 4.78 is 28.3. The van der Waals surface area contributed by atoms with E-state index in [-0.39, 0.29) is 10.8 Å². The topological polar surface area (TPSA) is 82.3 Å². The minimum Gasteiger partial charge on any atom is -0.481 e. The molecule has 2 aromatic rings. The molecule has 1 aromatic carbocycles. The number of hydrogen-bond acceptors (Lipinski definition) is 4. The number of methoxy groups -OCH3 is 1. The third-order valence-electron chi connectivity index (χ3n) is 2.49. The summed E-state index contributed by atoms with van der Waals surface area (Å²) in [4.78, 5) is 4.00. The Labute approximate surface area is 116 Å². The number of hydrogen-bond donors (Lipinski definition) is 1. The first-order valence-corrected chi connectivity index (χ1v) is 7.17. The van der Waals surface area contributed by atoms with Crippen LogP contribution in [0.3, 0.4) is 0 Å². The maximum Gasteiger partial charge on any atom is 0.238 e. The molecule has 0 saturated carbocycles. The SMILES string of the molecule is COc1ncc(Cl)cc1-c1ccccc1S(N)(=O)=O. The third-order valence-corrected chi connectivity index (χ3v) is 3.67. The van der Waals surface area contributed by atoms with Crippen LogP contribution >= 0.6 is 11.6 Å². The van der Waals surface area contributed by atoms with Crippen LogP contribution in [0.4, 0.5) is 0 Å². The zero-order chi connectivity index (χ0) is 14.0. The van der Waals surface area contributed by atoms with Crippen LogP contribution in [0.2, 0.25) is 5.02 Å². The first kappa shape index (κ1) is 13.8. The van der Waals surface area contributed by atoms with Crippen molar-refractivity contribution < 1.29 is 13.2 Å². The molecule has 0 bridgehead atoms. The van der Waals surface area contributed by atoms with Gasteiger partial charge >= 0.3 is 0 Å². The summed E-state index contributed by atoms with van der Waals surface area (Å²) >= 11 is 5.89. The number of sulfonamides is 1. The van der Waals surface area contributed by atoms with Crippen LogP contribution in [0.25, 0.3) is 11.1 Å². The first-order chi connectivity index (χ1) is 8.93. The predicted molar refractivity (Wildman–Crippen MR) is 72.6 cm³/mol. The van der Waals surface area contributed by atoms with Crippen molar-refractivity contribution >= 4 is 21.6 Å². The molecule has 0 spiro atoms. The van der Waals surface area contributed by atoms with E-state index in [9.17, 15) is 8.42 Å². The fourth-order valence-electron chi connectivity index (χ4n) is 1.72. The van der Waals surface area contributed by atoms with Crippen LogP contribution in [0, 0.1) is 0 Å². The predicted octanol–water partition coefficient (Wildman–Crippen LogP) is 2.06. The minimum absolute atomic E-state index is 0.00244. The van der Waals surface area contributed by atoms with Crippen molar-refractivity contribution in [2.45, 2.75) is 4.90 Å². The van der Waals surface area contributed by atoms with Gasteiger partial charge in [0.2, 0.25) is 15.9 Å². The molecular weight excluding hydrogens is 288 g/mol. The molecule has 0 aliphatic heterocycles. The molecule has 2 N–H and O–H groups in total. The summed E-state index contributed by atoms with van der Waals surface area (Å²) in [5, 5.41) is 5.58. The molecule has 19 heavy (non-hydrogen) atoms. The molecule has 5 nitrogen and oxygen atoms in total. The Morgan fingerprint density at radius 2 is 1.95 bits per heavy atom. The lowest BCUT2D eigenvalue weighted by Gasteiger charge is -2.11. The van der Waals surface area contributed by atoms with Crippen LogP contribution in [0.15, 0.2) is 41.4 Å². The Hall–Kier alpha value is -1.63. The largest absolute Gasteiger partial charge is 0.481 e. The molecule has 0 aliphatic carbocycles. The van der Waals surface area contributed by atoms with Gasteiger partial charge in [-0.15, -0.1) is 0 Å². The molecule has 2 rings (SSSR count). The summed E-state index contributed by atoms with van der Waals surface area (Å²) in [5.41, 5.74) is 0.872. The number of nitrogens with two attached hydrogens (primary N) is 1. The maximum absolute atomic E-state index is 11.6. The normalized spacial score (nSPS) is 11.3. The van der Waals surface area contributed by atoms with Crippen molar-refractivity contribution in [1.29, 1.82) is 0 Å². The van der Waals surface area contributed by atoms with E-state index in [1.807, 2.05) is 0 Å². The molecule has 7 heteroatoms. The van der Waals surface area contributed by atoms with E-state index in [0.717, 1.165) is 0 Å². The molecule has 0 saturated heterocycles. The van der Waals surface area contributed by atoms with E-state index >= 15 is 0 Å². The maximum atomic E-state index is 11.6. The third kappa shape index (κ3) is 2.86. The van der Waals surface area contributed by atoms with Crippen molar-refractivity contribution in [3.8, 4) is 17.0 Å². The van der Waals surface area contributed by atoms with E-state index in [2.05, 4.69) is 4.98 Å². The number of primary sulfonamides is 1. The molecule has 0 fully saturated rings. The van der Waals surface area contributed by atoms with Crippen molar-refractivity contribution in [3.63, 3.8) is 0 Å². The summed E-state index contributed by atoms with van der Waals surface area (Å²) in [7, 11) is -2.40. The lowest BCUT2D eigenvalue weighted by atomic mass is 10.1. The highest BCUT2D eigenvalue weighted by Crippen LogP contribution is 2.34. The molecule has 0 aliphatic rings. The monoisotopic (exact) mass is 298 g/mol. The molecule has 0 amide bonds. The van der Waals surface area contributed by atoms with Gasteiger partial charge in [0, 0.05) is 17.3 Å². The number of nitrogens with zero attached hydrogens (tertiary/aromatic N) is 1. The van der Waals surface area contributed by atoms with Gasteiger partial charge in [0.25, 0.3) is 0 Å². The summed E-state index contributed by atoms with van der Waals surface area (Å²) in [6.45, 7) is 0. The summed E-state index contributed by atoms with van der Waals surface area (Å²) in [6.07, 6.45) is 1.42. The number of halogens is 1. The Kier molecular flexibility index (Phi) is 3.75. The highest BCUT2D eigenvalue weighted by molar-refractivity contribution is 7.89. The zero-order valence-electron chi connectivity index (χ0n) is 10.00. The Morgan fingerprint density at radius 3 is 2.58 bits per heavy atom. The number of pyridine rings is 1. The Bertz CT molecular complexity index is 717. The van der Waals surface area contributed by atoms with E-state index in [1.54, 1.807) is 24.3 Å². The van der Waals surface area contributed by atoms with Gasteiger partial charge in [0.05, 0.1) is 17.0 Å². The standard InChI is InChI=1S/C12H11ClN2O3S/c1-18-12-10(6-8(13)7-15-12)9-4-2-3-5-11(9)19(14,16)17/h2-7H,1H3,(H2,14,16,17). The molecule has 100 valence electrons. The van der Waals surface area contributed by atoms with Crippen molar-refractivity contribution in [2.24, 2.45) is 5.14 Å². The second-order valence-electron chi connectivity index (χ2n) is 3.75. The Balaban J connectivity index is 2.76. The molecule has 1 aromatic heterocycles. The van der Waals surface area contributed by atoms with Crippen LogP contribution in [0.1, 0.15) is 0 Å². The van der Waals surface area contributed by atoms with Crippen LogP contribution < -0.4 is 9.88 Å². The van der Waals surface area contributed by atoms with Crippen molar-refractivity contribution in [1.82, 2.24) is 4.98 Å². The van der Waals surface area contributed by atoms with Gasteiger partial charge in [0.1, 0.15) is 0 Å². The average molecular weight is 299 g/mol. The average Bonchev–Trinajstić information content (AvgIpc) is 2.37. The lowest BCUT2D eigenvalue weighted by Crippen LogP contribution is -2.13. The second-order valence-corrected chi connectivity index (χ2v) is 5.72. The van der Waals surface area contributed by atoms with E-state index < -0.39 is 10.0 Å². The van der Waals surface area contributed by atoms with E-state index in [0.29, 0.717) is 16.1 Å². The van der Waals surface area contributed by atoms with E-state index in [4.69, 9.17) is 21.5 Å². The number of rotatable bonds is 3. The summed E-state index contributed by atoms with van der Waals surface area (Å²) in [6, 6.07) is 7.91. The van der Waals surface area contributed by atoms with Crippen LogP contribution in [-0.4, -0.2) is 20.5 Å². The number of aromatic nitrogens is 1. The van der Waals surface area contributed by atoms with Gasteiger partial charge in [-0.05, 0) is 12.1 Å². The quantitative estimate of drug-likeness (QED) is 0.940. The van der Waals surface area contributed by atoms with Crippen molar-refractivity contribution in [3.05, 3.63) is 41.6 Å². The van der Waals surface area contributed by atoms with Gasteiger partial charge in [-0.25, -0.2) is 18.5 Å². The highest BCUT2D eigenvalue weighted by Gasteiger charge is 2.18. The van der Waals surface area contributed by atoms with Gasteiger partial charge in [-0.3, -0.25) is 0 Å². The molecule has 0 atom stereocenters. The molecule has 0 unspecified atom stereocenters. The van der Waals surface area contributed by atoms with Crippen LogP contribution in [-0.2, 0) is 10.0 Å². The smallest absolute Gasteiger partial charge is 0.238 e. The Morgan fingerprint density at radius 1 is 1.26 bits per heavy atom. The highest BCUT2D eigenvalue weighted by atomic mass is 35.5. The van der Waals surface area contributed by atoms with Gasteiger partial charge in [-0.1, -0.05) is 29.8 Å². The lowest BCUT2D eigenvalue weighted by molar-refractivity contribution is 0.399. The second kappa shape index (κ2) is 5.16. The molecule has 0 radical (unpaired) electrons. The molecule has 1 heterocycles. The molecular formula is C12H11ClN2O3S. The fraction of sp³-hybridized carbons (Fsp3) is 0.0833. The number of ether oxygens (including phenoxy) is 1. The van der Waals surface area contributed by atoms with E-state index in [1.165, 1.54) is 19.4 Å².